The van der Waals surface area contributed by atoms with Gasteiger partial charge in [-0.3, -0.25) is 14.9 Å². The lowest BCUT2D eigenvalue weighted by atomic mass is 10.2. The van der Waals surface area contributed by atoms with Crippen molar-refractivity contribution in [1.82, 2.24) is 0 Å². The summed E-state index contributed by atoms with van der Waals surface area (Å²) in [5.41, 5.74) is -0.534. The lowest BCUT2D eigenvalue weighted by molar-refractivity contribution is -0.384. The number of aromatic hydroxyl groups is 1. The summed E-state index contributed by atoms with van der Waals surface area (Å²) in [6.07, 6.45) is 0. The molecule has 0 radical (unpaired) electrons. The van der Waals surface area contributed by atoms with Crippen LogP contribution in [0, 0.1) is 15.9 Å². The van der Waals surface area contributed by atoms with Crippen molar-refractivity contribution in [2.24, 2.45) is 0 Å². The zero-order chi connectivity index (χ0) is 16.1. The van der Waals surface area contributed by atoms with Gasteiger partial charge in [-0.15, -0.1) is 11.8 Å². The number of amides is 1. The molecule has 6 nitrogen and oxygen atoms in total. The summed E-state index contributed by atoms with van der Waals surface area (Å²) in [7, 11) is 0. The van der Waals surface area contributed by atoms with Crippen LogP contribution in [0.2, 0.25) is 0 Å². The SMILES string of the molecule is O=C(CSc1ccc(O)cc1)Nc1cc([N+](=O)[O-])ccc1F. The molecule has 0 bridgehead atoms. The van der Waals surface area contributed by atoms with Gasteiger partial charge in [0.05, 0.1) is 16.4 Å². The molecule has 0 saturated heterocycles. The van der Waals surface area contributed by atoms with Crippen molar-refractivity contribution >= 4 is 29.0 Å². The molecule has 1 amide bonds. The standard InChI is InChI=1S/C14H11FN2O4S/c15-12-6-1-9(17(20)21)7-13(12)16-14(19)8-22-11-4-2-10(18)3-5-11/h1-7,18H,8H2,(H,16,19). The second kappa shape index (κ2) is 6.90. The number of phenols is 1. The molecule has 22 heavy (non-hydrogen) atoms. The minimum atomic E-state index is -0.742. The third kappa shape index (κ3) is 4.19. The molecule has 0 aliphatic heterocycles. The highest BCUT2D eigenvalue weighted by Gasteiger charge is 2.13. The number of thioether (sulfide) groups is 1. The Morgan fingerprint density at radius 1 is 1.27 bits per heavy atom. The molecule has 0 heterocycles. The number of nitro benzene ring substituents is 1. The predicted octanol–water partition coefficient (Wildman–Crippen LogP) is 3.17. The average molecular weight is 322 g/mol. The van der Waals surface area contributed by atoms with Gasteiger partial charge in [0.15, 0.2) is 0 Å². The van der Waals surface area contributed by atoms with Gasteiger partial charge in [0, 0.05) is 17.0 Å². The third-order valence-electron chi connectivity index (χ3n) is 2.64. The Balaban J connectivity index is 1.98. The molecular formula is C14H11FN2O4S. The number of nitro groups is 1. The number of nitrogens with zero attached hydrogens (tertiary/aromatic N) is 1. The van der Waals surface area contributed by atoms with Crippen LogP contribution in [0.1, 0.15) is 0 Å². The van der Waals surface area contributed by atoms with Gasteiger partial charge < -0.3 is 10.4 Å². The first-order chi connectivity index (χ1) is 10.5. The van der Waals surface area contributed by atoms with Crippen LogP contribution < -0.4 is 5.32 Å². The third-order valence-corrected chi connectivity index (χ3v) is 3.65. The van der Waals surface area contributed by atoms with E-state index in [0.717, 1.165) is 23.1 Å². The van der Waals surface area contributed by atoms with Crippen LogP contribution in [0.3, 0.4) is 0 Å². The molecule has 2 aromatic carbocycles. The Morgan fingerprint density at radius 2 is 1.95 bits per heavy atom. The Bertz CT molecular complexity index is 706. The molecule has 2 rings (SSSR count). The fourth-order valence-corrected chi connectivity index (χ4v) is 2.30. The van der Waals surface area contributed by atoms with Crippen LogP contribution in [0.15, 0.2) is 47.4 Å². The second-order valence-corrected chi connectivity index (χ2v) is 5.30. The van der Waals surface area contributed by atoms with Crippen molar-refractivity contribution in [1.29, 1.82) is 0 Å². The minimum Gasteiger partial charge on any atom is -0.508 e. The molecule has 0 saturated carbocycles. The minimum absolute atomic E-state index is 0.00685. The van der Waals surface area contributed by atoms with E-state index >= 15 is 0 Å². The Kier molecular flexibility index (Phi) is 4.95. The number of carbonyl (C=O) groups is 1. The molecular weight excluding hydrogens is 311 g/mol. The Labute approximate surface area is 129 Å². The summed E-state index contributed by atoms with van der Waals surface area (Å²) in [4.78, 5) is 22.5. The van der Waals surface area contributed by atoms with E-state index in [-0.39, 0.29) is 22.9 Å². The topological polar surface area (TPSA) is 92.5 Å². The average Bonchev–Trinajstić information content (AvgIpc) is 2.48. The second-order valence-electron chi connectivity index (χ2n) is 4.25. The Morgan fingerprint density at radius 3 is 2.59 bits per heavy atom. The fraction of sp³-hybridized carbons (Fsp3) is 0.0714. The van der Waals surface area contributed by atoms with Crippen LogP contribution in [0.5, 0.6) is 5.75 Å². The summed E-state index contributed by atoms with van der Waals surface area (Å²) >= 11 is 1.19. The highest BCUT2D eigenvalue weighted by molar-refractivity contribution is 8.00. The molecule has 0 unspecified atom stereocenters. The maximum atomic E-state index is 13.5. The first-order valence-corrected chi connectivity index (χ1v) is 7.10. The van der Waals surface area contributed by atoms with Gasteiger partial charge >= 0.3 is 0 Å². The number of halogens is 1. The van der Waals surface area contributed by atoms with E-state index < -0.39 is 16.6 Å². The van der Waals surface area contributed by atoms with Crippen LogP contribution in [-0.2, 0) is 4.79 Å². The van der Waals surface area contributed by atoms with Gasteiger partial charge in [0.2, 0.25) is 5.91 Å². The molecule has 0 atom stereocenters. The number of nitrogens with one attached hydrogen (secondary N) is 1. The van der Waals surface area contributed by atoms with E-state index in [1.54, 1.807) is 12.1 Å². The number of rotatable bonds is 5. The van der Waals surface area contributed by atoms with Crippen molar-refractivity contribution in [3.63, 3.8) is 0 Å². The number of carbonyl (C=O) groups excluding carboxylic acids is 1. The Hall–Kier alpha value is -2.61. The van der Waals surface area contributed by atoms with E-state index in [1.165, 1.54) is 23.9 Å². The molecule has 2 N–H and O–H groups in total. The van der Waals surface area contributed by atoms with Crippen molar-refractivity contribution in [2.75, 3.05) is 11.1 Å². The van der Waals surface area contributed by atoms with Gasteiger partial charge in [-0.1, -0.05) is 0 Å². The molecule has 0 aliphatic carbocycles. The van der Waals surface area contributed by atoms with Crippen LogP contribution in [0.4, 0.5) is 15.8 Å². The quantitative estimate of drug-likeness (QED) is 0.501. The first-order valence-electron chi connectivity index (χ1n) is 6.11. The smallest absolute Gasteiger partial charge is 0.271 e. The lowest BCUT2D eigenvalue weighted by Gasteiger charge is -2.06. The number of benzene rings is 2. The normalized spacial score (nSPS) is 10.2. The van der Waals surface area contributed by atoms with Gasteiger partial charge in [-0.25, -0.2) is 4.39 Å². The monoisotopic (exact) mass is 322 g/mol. The molecule has 2 aromatic rings. The van der Waals surface area contributed by atoms with E-state index in [2.05, 4.69) is 5.32 Å². The summed E-state index contributed by atoms with van der Waals surface area (Å²) < 4.78 is 13.5. The van der Waals surface area contributed by atoms with E-state index in [4.69, 9.17) is 5.11 Å². The van der Waals surface area contributed by atoms with Gasteiger partial charge in [0.1, 0.15) is 11.6 Å². The number of anilines is 1. The van der Waals surface area contributed by atoms with Crippen molar-refractivity contribution in [3.05, 3.63) is 58.4 Å². The summed E-state index contributed by atoms with van der Waals surface area (Å²) in [5, 5.41) is 22.1. The zero-order valence-electron chi connectivity index (χ0n) is 11.2. The first kappa shape index (κ1) is 15.8. The highest BCUT2D eigenvalue weighted by Crippen LogP contribution is 2.23. The van der Waals surface area contributed by atoms with E-state index in [9.17, 15) is 19.3 Å². The van der Waals surface area contributed by atoms with E-state index in [0.29, 0.717) is 0 Å². The summed E-state index contributed by atoms with van der Waals surface area (Å²) in [6.45, 7) is 0. The molecule has 114 valence electrons. The summed E-state index contributed by atoms with van der Waals surface area (Å²) in [6, 6.07) is 9.18. The predicted molar refractivity (Wildman–Crippen MR) is 80.5 cm³/mol. The molecule has 8 heteroatoms. The lowest BCUT2D eigenvalue weighted by Crippen LogP contribution is -2.15. The largest absolute Gasteiger partial charge is 0.508 e. The zero-order valence-corrected chi connectivity index (χ0v) is 12.0. The number of phenolic OH excluding ortho intramolecular Hbond substituents is 1. The molecule has 0 fully saturated rings. The highest BCUT2D eigenvalue weighted by atomic mass is 32.2. The van der Waals surface area contributed by atoms with Gasteiger partial charge in [-0.2, -0.15) is 0 Å². The molecule has 0 aromatic heterocycles. The number of non-ortho nitro benzene ring substituents is 1. The number of hydrogen-bond donors (Lipinski definition) is 2. The maximum Gasteiger partial charge on any atom is 0.271 e. The van der Waals surface area contributed by atoms with Crippen LogP contribution in [-0.4, -0.2) is 21.7 Å². The summed E-state index contributed by atoms with van der Waals surface area (Å²) in [5.74, 6) is -1.11. The van der Waals surface area contributed by atoms with Crippen LogP contribution in [0.25, 0.3) is 0 Å². The van der Waals surface area contributed by atoms with Crippen molar-refractivity contribution in [3.8, 4) is 5.75 Å². The molecule has 0 aliphatic rings. The fourth-order valence-electron chi connectivity index (χ4n) is 1.60. The van der Waals surface area contributed by atoms with Crippen molar-refractivity contribution < 1.29 is 19.2 Å². The van der Waals surface area contributed by atoms with Gasteiger partial charge in [-0.05, 0) is 30.3 Å². The molecule has 0 spiro atoms. The van der Waals surface area contributed by atoms with E-state index in [1.807, 2.05) is 0 Å². The maximum absolute atomic E-state index is 13.5. The number of hydrogen-bond acceptors (Lipinski definition) is 5. The van der Waals surface area contributed by atoms with Gasteiger partial charge in [0.25, 0.3) is 5.69 Å². The van der Waals surface area contributed by atoms with Crippen molar-refractivity contribution in [2.45, 2.75) is 4.90 Å². The van der Waals surface area contributed by atoms with Crippen LogP contribution >= 0.6 is 11.8 Å².